The first kappa shape index (κ1) is 28.0. The van der Waals surface area contributed by atoms with E-state index in [1.165, 1.54) is 34.8 Å². The van der Waals surface area contributed by atoms with E-state index in [1.54, 1.807) is 24.7 Å². The highest BCUT2D eigenvalue weighted by molar-refractivity contribution is 8.00. The fraction of sp³-hybridized carbons (Fsp3) is 0.417. The average Bonchev–Trinajstić information content (AvgIpc) is 3.55. The predicted octanol–water partition coefficient (Wildman–Crippen LogP) is 3.78. The molecule has 0 saturated heterocycles. The number of thiophene rings is 1. The van der Waals surface area contributed by atoms with E-state index in [-0.39, 0.29) is 29.7 Å². The first-order valence-electron chi connectivity index (χ1n) is 11.9. The van der Waals surface area contributed by atoms with Crippen LogP contribution in [0.2, 0.25) is 0 Å². The number of benzene rings is 1. The van der Waals surface area contributed by atoms with Gasteiger partial charge in [-0.05, 0) is 37.8 Å². The van der Waals surface area contributed by atoms with Gasteiger partial charge in [0.25, 0.3) is 11.6 Å². The van der Waals surface area contributed by atoms with Crippen LogP contribution in [0.5, 0.6) is 0 Å². The Bertz CT molecular complexity index is 1460. The van der Waals surface area contributed by atoms with Crippen molar-refractivity contribution in [3.05, 3.63) is 49.1 Å². The maximum atomic E-state index is 12.6. The van der Waals surface area contributed by atoms with E-state index in [0.29, 0.717) is 33.2 Å². The molecule has 4 rings (SSSR count). The van der Waals surface area contributed by atoms with Crippen LogP contribution in [0, 0.1) is 10.1 Å². The number of nitrogens with one attached hydrogen (secondary N) is 1. The Morgan fingerprint density at radius 2 is 2.05 bits per heavy atom. The summed E-state index contributed by atoms with van der Waals surface area (Å²) < 4.78 is 12.8. The molecule has 1 aromatic carbocycles. The number of anilines is 1. The van der Waals surface area contributed by atoms with Gasteiger partial charge in [-0.2, -0.15) is 4.99 Å². The number of methoxy groups -OCH3 is 1. The van der Waals surface area contributed by atoms with E-state index in [2.05, 4.69) is 10.3 Å². The molecule has 0 aliphatic heterocycles. The summed E-state index contributed by atoms with van der Waals surface area (Å²) in [7, 11) is 1.56. The van der Waals surface area contributed by atoms with Crippen LogP contribution in [-0.2, 0) is 38.4 Å². The lowest BCUT2D eigenvalue weighted by Crippen LogP contribution is -2.20. The molecule has 0 radical (unpaired) electrons. The molecule has 1 aliphatic carbocycles. The second-order valence-corrected chi connectivity index (χ2v) is 11.4. The van der Waals surface area contributed by atoms with Gasteiger partial charge in [0, 0.05) is 30.7 Å². The van der Waals surface area contributed by atoms with Crippen LogP contribution >= 0.6 is 34.4 Å². The van der Waals surface area contributed by atoms with Gasteiger partial charge in [-0.15, -0.1) is 23.1 Å². The molecule has 0 bridgehead atoms. The fourth-order valence-electron chi connectivity index (χ4n) is 4.10. The van der Waals surface area contributed by atoms with Crippen LogP contribution in [0.3, 0.4) is 0 Å². The molecule has 1 N–H and O–H groups in total. The van der Waals surface area contributed by atoms with Gasteiger partial charge in [0.05, 0.1) is 45.4 Å². The number of esters is 1. The molecule has 0 atom stereocenters. The largest absolute Gasteiger partial charge is 0.462 e. The Labute approximate surface area is 230 Å². The highest BCUT2D eigenvalue weighted by Gasteiger charge is 2.28. The van der Waals surface area contributed by atoms with Gasteiger partial charge in [-0.1, -0.05) is 11.3 Å². The molecule has 38 heavy (non-hydrogen) atoms. The zero-order valence-electron chi connectivity index (χ0n) is 20.8. The van der Waals surface area contributed by atoms with Crippen molar-refractivity contribution in [3.63, 3.8) is 0 Å². The second-order valence-electron chi connectivity index (χ2n) is 8.27. The summed E-state index contributed by atoms with van der Waals surface area (Å²) in [6.45, 7) is 2.78. The van der Waals surface area contributed by atoms with Crippen LogP contribution < -0.4 is 10.1 Å². The van der Waals surface area contributed by atoms with Crippen molar-refractivity contribution in [1.29, 1.82) is 0 Å². The molecule has 2 amide bonds. The molecule has 202 valence electrons. The summed E-state index contributed by atoms with van der Waals surface area (Å²) in [5, 5.41) is 14.4. The van der Waals surface area contributed by atoms with Crippen molar-refractivity contribution < 1.29 is 28.8 Å². The number of hydrogen-bond acceptors (Lipinski definition) is 10. The Kier molecular flexibility index (Phi) is 9.31. The number of nitrogens with zero attached hydrogens (tertiary/aromatic N) is 3. The van der Waals surface area contributed by atoms with Crippen molar-refractivity contribution >= 4 is 73.1 Å². The summed E-state index contributed by atoms with van der Waals surface area (Å²) >= 11 is 3.70. The second kappa shape index (κ2) is 12.7. The first-order chi connectivity index (χ1) is 18.3. The van der Waals surface area contributed by atoms with E-state index in [4.69, 9.17) is 9.47 Å². The smallest absolute Gasteiger partial charge is 0.341 e. The molecule has 2 aromatic heterocycles. The minimum absolute atomic E-state index is 0.00831. The van der Waals surface area contributed by atoms with Gasteiger partial charge in [0.2, 0.25) is 5.91 Å². The molecule has 0 spiro atoms. The maximum absolute atomic E-state index is 12.6. The minimum Gasteiger partial charge on any atom is -0.462 e. The van der Waals surface area contributed by atoms with Crippen molar-refractivity contribution in [1.82, 2.24) is 4.57 Å². The number of rotatable bonds is 11. The molecule has 14 heteroatoms. The predicted molar refractivity (Wildman–Crippen MR) is 147 cm³/mol. The highest BCUT2D eigenvalue weighted by Crippen LogP contribution is 2.39. The van der Waals surface area contributed by atoms with E-state index in [0.717, 1.165) is 47.0 Å². The van der Waals surface area contributed by atoms with Crippen molar-refractivity contribution in [2.75, 3.05) is 37.1 Å². The SMILES string of the molecule is CCOC(=O)c1c(NC(=O)CSCC(=O)N=c2sc3cc([N+](=O)[O-])ccc3n2CCOC)sc2c1CCC2. The third-order valence-electron chi connectivity index (χ3n) is 5.73. The number of hydrogen-bond donors (Lipinski definition) is 1. The van der Waals surface area contributed by atoms with Gasteiger partial charge in [-0.25, -0.2) is 4.79 Å². The summed E-state index contributed by atoms with van der Waals surface area (Å²) in [6.07, 6.45) is 2.64. The third kappa shape index (κ3) is 6.31. The summed E-state index contributed by atoms with van der Waals surface area (Å²) in [5.41, 5.74) is 2.08. The number of thiazole rings is 1. The quantitative estimate of drug-likeness (QED) is 0.206. The van der Waals surface area contributed by atoms with Gasteiger partial charge in [0.1, 0.15) is 5.00 Å². The fourth-order valence-corrected chi connectivity index (χ4v) is 7.10. The number of ether oxygens (including phenoxy) is 2. The number of amides is 2. The van der Waals surface area contributed by atoms with Crippen molar-refractivity contribution in [2.45, 2.75) is 32.7 Å². The summed E-state index contributed by atoms with van der Waals surface area (Å²) in [4.78, 5) is 54.1. The van der Waals surface area contributed by atoms with Gasteiger partial charge in [-0.3, -0.25) is 19.7 Å². The molecule has 1 aliphatic rings. The number of nitro benzene ring substituents is 1. The van der Waals surface area contributed by atoms with E-state index in [9.17, 15) is 24.5 Å². The van der Waals surface area contributed by atoms with Crippen molar-refractivity contribution in [3.8, 4) is 0 Å². The standard InChI is InChI=1S/C24H26N4O7S3/c1-3-35-23(31)21-15-5-4-6-17(15)37-22(21)25-19(29)12-36-13-20(30)26-24-27(9-10-34-2)16-8-7-14(28(32)33)11-18(16)38-24/h7-8,11H,3-6,9-10,12-13H2,1-2H3,(H,25,29). The van der Waals surface area contributed by atoms with Crippen LogP contribution in [0.4, 0.5) is 10.7 Å². The Morgan fingerprint density at radius 1 is 1.24 bits per heavy atom. The molecule has 0 unspecified atom stereocenters. The van der Waals surface area contributed by atoms with Crippen molar-refractivity contribution in [2.24, 2.45) is 4.99 Å². The first-order valence-corrected chi connectivity index (χ1v) is 14.6. The number of carbonyl (C=O) groups is 3. The van der Waals surface area contributed by atoms with Gasteiger partial charge >= 0.3 is 5.97 Å². The van der Waals surface area contributed by atoms with E-state index >= 15 is 0 Å². The summed E-state index contributed by atoms with van der Waals surface area (Å²) in [5.74, 6) is -1.21. The van der Waals surface area contributed by atoms with Crippen LogP contribution in [0.1, 0.15) is 34.1 Å². The normalized spacial score (nSPS) is 13.1. The van der Waals surface area contributed by atoms with E-state index < -0.39 is 16.8 Å². The van der Waals surface area contributed by atoms with Crippen LogP contribution in [0.15, 0.2) is 23.2 Å². The number of aromatic nitrogens is 1. The zero-order valence-corrected chi connectivity index (χ0v) is 23.3. The molecule has 11 nitrogen and oxygen atoms in total. The molecular weight excluding hydrogens is 552 g/mol. The monoisotopic (exact) mass is 578 g/mol. The lowest BCUT2D eigenvalue weighted by Gasteiger charge is -2.07. The number of thioether (sulfide) groups is 1. The van der Waals surface area contributed by atoms with Gasteiger partial charge < -0.3 is 19.4 Å². The average molecular weight is 579 g/mol. The molecule has 0 fully saturated rings. The molecular formula is C24H26N4O7S3. The number of aryl methyl sites for hydroxylation is 1. The Morgan fingerprint density at radius 3 is 2.79 bits per heavy atom. The van der Waals surface area contributed by atoms with Gasteiger partial charge in [0.15, 0.2) is 4.80 Å². The lowest BCUT2D eigenvalue weighted by atomic mass is 10.1. The number of non-ortho nitro benzene ring substituents is 1. The van der Waals surface area contributed by atoms with Crippen LogP contribution in [-0.4, -0.2) is 59.1 Å². The number of nitro groups is 1. The Hall–Kier alpha value is -3.07. The molecule has 3 aromatic rings. The van der Waals surface area contributed by atoms with E-state index in [1.807, 2.05) is 0 Å². The molecule has 2 heterocycles. The summed E-state index contributed by atoms with van der Waals surface area (Å²) in [6, 6.07) is 4.50. The number of fused-ring (bicyclic) bond motifs is 2. The van der Waals surface area contributed by atoms with Crippen LogP contribution in [0.25, 0.3) is 10.2 Å². The highest BCUT2D eigenvalue weighted by atomic mass is 32.2. The topological polar surface area (TPSA) is 142 Å². The minimum atomic E-state index is -0.470. The number of carbonyl (C=O) groups excluding carboxylic acids is 3. The Balaban J connectivity index is 1.42. The third-order valence-corrected chi connectivity index (χ3v) is 8.89. The lowest BCUT2D eigenvalue weighted by molar-refractivity contribution is -0.384. The maximum Gasteiger partial charge on any atom is 0.341 e. The molecule has 0 saturated carbocycles. The zero-order chi connectivity index (χ0) is 27.2.